The molecule has 132 valence electrons. The summed E-state index contributed by atoms with van der Waals surface area (Å²) in [7, 11) is 4.70. The second-order valence-electron chi connectivity index (χ2n) is 5.54. The molecular weight excluding hydrogens is 324 g/mol. The molecule has 1 heterocycles. The minimum absolute atomic E-state index is 0.244. The van der Waals surface area contributed by atoms with Gasteiger partial charge in [0.25, 0.3) is 0 Å². The number of esters is 1. The van der Waals surface area contributed by atoms with Gasteiger partial charge in [-0.1, -0.05) is 18.2 Å². The lowest BCUT2D eigenvalue weighted by Crippen LogP contribution is -2.28. The Balaban J connectivity index is 1.89. The van der Waals surface area contributed by atoms with Crippen molar-refractivity contribution < 1.29 is 28.5 Å². The zero-order chi connectivity index (χ0) is 17.8. The van der Waals surface area contributed by atoms with Crippen molar-refractivity contribution in [2.75, 3.05) is 27.9 Å². The van der Waals surface area contributed by atoms with Crippen LogP contribution in [0.25, 0.3) is 0 Å². The van der Waals surface area contributed by atoms with Gasteiger partial charge in [0.1, 0.15) is 6.61 Å². The van der Waals surface area contributed by atoms with Crippen LogP contribution in [0.1, 0.15) is 11.5 Å². The fourth-order valence-electron chi connectivity index (χ4n) is 2.84. The van der Waals surface area contributed by atoms with Crippen LogP contribution >= 0.6 is 0 Å². The van der Waals surface area contributed by atoms with E-state index in [1.165, 1.54) is 0 Å². The van der Waals surface area contributed by atoms with E-state index in [9.17, 15) is 4.79 Å². The molecule has 2 aromatic carbocycles. The number of hydrogen-bond acceptors (Lipinski definition) is 6. The molecule has 2 atom stereocenters. The highest BCUT2D eigenvalue weighted by Gasteiger charge is 2.40. The minimum atomic E-state index is -0.755. The fourth-order valence-corrected chi connectivity index (χ4v) is 2.84. The van der Waals surface area contributed by atoms with Gasteiger partial charge in [0, 0.05) is 0 Å². The van der Waals surface area contributed by atoms with Crippen molar-refractivity contribution in [1.29, 1.82) is 0 Å². The highest BCUT2D eigenvalue weighted by atomic mass is 16.6. The summed E-state index contributed by atoms with van der Waals surface area (Å²) in [6.45, 7) is 0.244. The van der Waals surface area contributed by atoms with Crippen LogP contribution in [-0.2, 0) is 9.53 Å². The molecule has 6 heteroatoms. The summed E-state index contributed by atoms with van der Waals surface area (Å²) in [6.07, 6.45) is -0.755. The van der Waals surface area contributed by atoms with Crippen LogP contribution in [0, 0.1) is 0 Å². The van der Waals surface area contributed by atoms with Gasteiger partial charge < -0.3 is 23.7 Å². The molecule has 1 aliphatic rings. The van der Waals surface area contributed by atoms with Gasteiger partial charge in [0.05, 0.1) is 27.2 Å². The van der Waals surface area contributed by atoms with Crippen molar-refractivity contribution >= 4 is 5.97 Å². The average Bonchev–Trinajstić information content (AvgIpc) is 3.02. The summed E-state index contributed by atoms with van der Waals surface area (Å²) >= 11 is 0. The van der Waals surface area contributed by atoms with Crippen molar-refractivity contribution in [3.05, 3.63) is 48.0 Å². The second kappa shape index (κ2) is 7.34. The van der Waals surface area contributed by atoms with Gasteiger partial charge >= 0.3 is 5.97 Å². The summed E-state index contributed by atoms with van der Waals surface area (Å²) in [5, 5.41) is 0. The molecule has 1 fully saturated rings. The van der Waals surface area contributed by atoms with E-state index in [0.29, 0.717) is 23.0 Å². The zero-order valence-corrected chi connectivity index (χ0v) is 14.4. The third kappa shape index (κ3) is 3.33. The number of benzene rings is 2. The van der Waals surface area contributed by atoms with Crippen molar-refractivity contribution in [3.8, 4) is 23.0 Å². The lowest BCUT2D eigenvalue weighted by molar-refractivity contribution is -0.143. The Morgan fingerprint density at radius 2 is 1.52 bits per heavy atom. The first-order chi connectivity index (χ1) is 12.2. The van der Waals surface area contributed by atoms with Gasteiger partial charge in [0.2, 0.25) is 6.10 Å². The molecule has 0 spiro atoms. The number of ether oxygens (including phenoxy) is 5. The second-order valence-corrected chi connectivity index (χ2v) is 5.54. The minimum Gasteiger partial charge on any atom is -0.493 e. The lowest BCUT2D eigenvalue weighted by Gasteiger charge is -2.20. The Morgan fingerprint density at radius 3 is 2.20 bits per heavy atom. The molecule has 6 nitrogen and oxygen atoms in total. The number of carbonyl (C=O) groups excluding carboxylic acids is 1. The third-order valence-corrected chi connectivity index (χ3v) is 4.16. The Hall–Kier alpha value is -2.89. The highest BCUT2D eigenvalue weighted by molar-refractivity contribution is 5.79. The Kier molecular flexibility index (Phi) is 4.97. The first kappa shape index (κ1) is 17.0. The van der Waals surface area contributed by atoms with E-state index in [-0.39, 0.29) is 12.5 Å². The molecule has 25 heavy (non-hydrogen) atoms. The van der Waals surface area contributed by atoms with Gasteiger partial charge in [-0.3, -0.25) is 0 Å². The number of carbonyl (C=O) groups is 1. The summed E-state index contributed by atoms with van der Waals surface area (Å²) in [6, 6.07) is 12.7. The molecule has 2 aromatic rings. The third-order valence-electron chi connectivity index (χ3n) is 4.16. The van der Waals surface area contributed by atoms with E-state index in [0.717, 1.165) is 5.56 Å². The van der Waals surface area contributed by atoms with Crippen LogP contribution in [0.5, 0.6) is 23.0 Å². The molecule has 0 bridgehead atoms. The maximum Gasteiger partial charge on any atom is 0.348 e. The van der Waals surface area contributed by atoms with Crippen molar-refractivity contribution in [3.63, 3.8) is 0 Å². The molecule has 2 unspecified atom stereocenters. The molecular formula is C19H20O6. The van der Waals surface area contributed by atoms with Crippen LogP contribution in [0.2, 0.25) is 0 Å². The lowest BCUT2D eigenvalue weighted by atomic mass is 9.95. The smallest absolute Gasteiger partial charge is 0.348 e. The molecule has 0 saturated carbocycles. The van der Waals surface area contributed by atoms with Gasteiger partial charge in [-0.2, -0.15) is 0 Å². The highest BCUT2D eigenvalue weighted by Crippen LogP contribution is 2.37. The van der Waals surface area contributed by atoms with E-state index >= 15 is 0 Å². The molecule has 1 saturated heterocycles. The van der Waals surface area contributed by atoms with E-state index in [1.807, 2.05) is 24.3 Å². The fraction of sp³-hybridized carbons (Fsp3) is 0.316. The van der Waals surface area contributed by atoms with Crippen LogP contribution < -0.4 is 18.9 Å². The van der Waals surface area contributed by atoms with Crippen LogP contribution in [0.3, 0.4) is 0 Å². The maximum absolute atomic E-state index is 12.2. The predicted octanol–water partition coefficient (Wildman–Crippen LogP) is 2.80. The summed E-state index contributed by atoms with van der Waals surface area (Å²) in [5.41, 5.74) is 0.878. The number of rotatable bonds is 6. The van der Waals surface area contributed by atoms with Crippen molar-refractivity contribution in [2.24, 2.45) is 0 Å². The molecule has 0 radical (unpaired) electrons. The topological polar surface area (TPSA) is 63.2 Å². The maximum atomic E-state index is 12.2. The summed E-state index contributed by atoms with van der Waals surface area (Å²) in [5.74, 6) is 1.63. The van der Waals surface area contributed by atoms with E-state index in [1.54, 1.807) is 39.5 Å². The molecule has 1 aliphatic heterocycles. The Morgan fingerprint density at radius 1 is 0.880 bits per heavy atom. The molecule has 0 amide bonds. The normalized spacial score (nSPS) is 19.2. The van der Waals surface area contributed by atoms with E-state index in [2.05, 4.69) is 0 Å². The van der Waals surface area contributed by atoms with Gasteiger partial charge in [-0.15, -0.1) is 0 Å². The summed E-state index contributed by atoms with van der Waals surface area (Å²) < 4.78 is 27.1. The number of para-hydroxylation sites is 2. The van der Waals surface area contributed by atoms with Crippen molar-refractivity contribution in [1.82, 2.24) is 0 Å². The first-order valence-corrected chi connectivity index (χ1v) is 7.86. The molecule has 3 rings (SSSR count). The quantitative estimate of drug-likeness (QED) is 0.751. The molecule has 0 N–H and O–H groups in total. The SMILES string of the molecule is COc1ccc(C2COC(=O)C2Oc2ccccc2OC)cc1OC. The molecule has 0 aliphatic carbocycles. The Labute approximate surface area is 146 Å². The van der Waals surface area contributed by atoms with Crippen LogP contribution in [0.4, 0.5) is 0 Å². The van der Waals surface area contributed by atoms with Crippen molar-refractivity contribution in [2.45, 2.75) is 12.0 Å². The largest absolute Gasteiger partial charge is 0.493 e. The van der Waals surface area contributed by atoms with Crippen LogP contribution in [-0.4, -0.2) is 40.0 Å². The Bertz CT molecular complexity index is 757. The number of methoxy groups -OCH3 is 3. The van der Waals surface area contributed by atoms with Gasteiger partial charge in [-0.05, 0) is 29.8 Å². The number of cyclic esters (lactones) is 1. The first-order valence-electron chi connectivity index (χ1n) is 7.86. The average molecular weight is 344 g/mol. The number of hydrogen-bond donors (Lipinski definition) is 0. The monoisotopic (exact) mass is 344 g/mol. The van der Waals surface area contributed by atoms with Gasteiger partial charge in [0.15, 0.2) is 23.0 Å². The molecule has 0 aromatic heterocycles. The van der Waals surface area contributed by atoms with Gasteiger partial charge in [-0.25, -0.2) is 4.79 Å². The standard InChI is InChI=1S/C19H20O6/c1-21-14-6-4-5-7-16(14)25-18-13(11-24-19(18)20)12-8-9-15(22-2)17(10-12)23-3/h4-10,13,18H,11H2,1-3H3. The summed E-state index contributed by atoms with van der Waals surface area (Å²) in [4.78, 5) is 12.2. The van der Waals surface area contributed by atoms with E-state index < -0.39 is 12.1 Å². The van der Waals surface area contributed by atoms with E-state index in [4.69, 9.17) is 23.7 Å². The zero-order valence-electron chi connectivity index (χ0n) is 14.4. The van der Waals surface area contributed by atoms with Crippen LogP contribution in [0.15, 0.2) is 42.5 Å². The predicted molar refractivity (Wildman–Crippen MR) is 90.7 cm³/mol.